The molecule has 4 aromatic rings. The van der Waals surface area contributed by atoms with Crippen molar-refractivity contribution in [3.8, 4) is 11.3 Å². The molecule has 1 amide bonds. The number of fused-ring (bicyclic) bond motifs is 1. The lowest BCUT2D eigenvalue weighted by atomic mass is 10.1. The van der Waals surface area contributed by atoms with Gasteiger partial charge in [0, 0.05) is 34.7 Å². The van der Waals surface area contributed by atoms with Gasteiger partial charge in [0.2, 0.25) is 5.91 Å². The highest BCUT2D eigenvalue weighted by Gasteiger charge is 2.05. The molecule has 2 aromatic heterocycles. The van der Waals surface area contributed by atoms with Crippen LogP contribution >= 0.6 is 11.6 Å². The summed E-state index contributed by atoms with van der Waals surface area (Å²) >= 11 is 6.08. The zero-order valence-corrected chi connectivity index (χ0v) is 15.1. The molecule has 0 unspecified atom stereocenters. The molecule has 5 heteroatoms. The van der Waals surface area contributed by atoms with Gasteiger partial charge in [-0.15, -0.1) is 0 Å². The highest BCUT2D eigenvalue weighted by Crippen LogP contribution is 2.21. The van der Waals surface area contributed by atoms with Gasteiger partial charge in [-0.3, -0.25) is 4.79 Å². The van der Waals surface area contributed by atoms with Gasteiger partial charge in [-0.25, -0.2) is 4.98 Å². The van der Waals surface area contributed by atoms with E-state index in [1.54, 1.807) is 12.1 Å². The summed E-state index contributed by atoms with van der Waals surface area (Å²) in [6.45, 7) is 0. The monoisotopic (exact) mass is 373 g/mol. The van der Waals surface area contributed by atoms with Crippen molar-refractivity contribution in [1.82, 2.24) is 9.38 Å². The fraction of sp³-hybridized carbons (Fsp3) is 0. The van der Waals surface area contributed by atoms with Gasteiger partial charge in [0.1, 0.15) is 5.65 Å². The van der Waals surface area contributed by atoms with Crippen molar-refractivity contribution in [3.05, 3.63) is 95.8 Å². The average molecular weight is 374 g/mol. The van der Waals surface area contributed by atoms with Crippen molar-refractivity contribution < 1.29 is 4.79 Å². The Morgan fingerprint density at radius 1 is 1.00 bits per heavy atom. The predicted octanol–water partition coefficient (Wildman–Crippen LogP) is 5.31. The molecule has 0 radical (unpaired) electrons. The van der Waals surface area contributed by atoms with Crippen molar-refractivity contribution in [2.75, 3.05) is 5.32 Å². The lowest BCUT2D eigenvalue weighted by Gasteiger charge is -2.03. The zero-order chi connectivity index (χ0) is 18.6. The number of carbonyl (C=O) groups excluding carboxylic acids is 1. The van der Waals surface area contributed by atoms with Crippen LogP contribution in [-0.4, -0.2) is 15.3 Å². The molecule has 0 fully saturated rings. The SMILES string of the molecule is O=C(/C=C/c1ccccc1Cl)Nc1ccc(-c2cn3ccccc3n2)cc1. The number of anilines is 1. The Hall–Kier alpha value is -3.37. The van der Waals surface area contributed by atoms with Crippen LogP contribution in [0.4, 0.5) is 5.69 Å². The van der Waals surface area contributed by atoms with Crippen LogP contribution in [0.1, 0.15) is 5.56 Å². The number of nitrogens with one attached hydrogen (secondary N) is 1. The van der Waals surface area contributed by atoms with Gasteiger partial charge in [-0.1, -0.05) is 48.0 Å². The van der Waals surface area contributed by atoms with E-state index in [-0.39, 0.29) is 5.91 Å². The third-order valence-electron chi connectivity index (χ3n) is 4.13. The van der Waals surface area contributed by atoms with Gasteiger partial charge in [-0.2, -0.15) is 0 Å². The summed E-state index contributed by atoms with van der Waals surface area (Å²) in [5.74, 6) is -0.213. The Kier molecular flexibility index (Phi) is 4.73. The van der Waals surface area contributed by atoms with E-state index in [9.17, 15) is 4.79 Å². The molecule has 0 saturated heterocycles. The predicted molar refractivity (Wildman–Crippen MR) is 110 cm³/mol. The molecule has 27 heavy (non-hydrogen) atoms. The molecule has 4 nitrogen and oxygen atoms in total. The number of amides is 1. The number of aromatic nitrogens is 2. The van der Waals surface area contributed by atoms with E-state index in [1.807, 2.05) is 77.5 Å². The molecule has 0 atom stereocenters. The van der Waals surface area contributed by atoms with Crippen molar-refractivity contribution in [1.29, 1.82) is 0 Å². The third-order valence-corrected chi connectivity index (χ3v) is 4.48. The average Bonchev–Trinajstić information content (AvgIpc) is 3.12. The van der Waals surface area contributed by atoms with Crippen molar-refractivity contribution in [3.63, 3.8) is 0 Å². The van der Waals surface area contributed by atoms with Crippen molar-refractivity contribution in [2.24, 2.45) is 0 Å². The van der Waals surface area contributed by atoms with Crippen LogP contribution < -0.4 is 5.32 Å². The number of hydrogen-bond donors (Lipinski definition) is 1. The maximum Gasteiger partial charge on any atom is 0.248 e. The molecule has 0 aliphatic carbocycles. The minimum atomic E-state index is -0.213. The van der Waals surface area contributed by atoms with Crippen molar-refractivity contribution in [2.45, 2.75) is 0 Å². The third kappa shape index (κ3) is 3.91. The fourth-order valence-corrected chi connectivity index (χ4v) is 2.96. The van der Waals surface area contributed by atoms with Crippen LogP contribution in [0.15, 0.2) is 85.2 Å². The van der Waals surface area contributed by atoms with Gasteiger partial charge < -0.3 is 9.72 Å². The minimum Gasteiger partial charge on any atom is -0.323 e. The van der Waals surface area contributed by atoms with Crippen molar-refractivity contribution >= 4 is 34.9 Å². The number of pyridine rings is 1. The maximum absolute atomic E-state index is 12.1. The Balaban J connectivity index is 1.46. The zero-order valence-electron chi connectivity index (χ0n) is 14.3. The van der Waals surface area contributed by atoms with Gasteiger partial charge in [-0.05, 0) is 42.0 Å². The molecule has 0 saturated carbocycles. The molecule has 4 rings (SSSR count). The summed E-state index contributed by atoms with van der Waals surface area (Å²) < 4.78 is 1.98. The number of carbonyl (C=O) groups is 1. The van der Waals surface area contributed by atoms with Crippen LogP contribution in [-0.2, 0) is 4.79 Å². The van der Waals surface area contributed by atoms with E-state index < -0.39 is 0 Å². The summed E-state index contributed by atoms with van der Waals surface area (Å²) in [7, 11) is 0. The second kappa shape index (κ2) is 7.48. The molecule has 0 bridgehead atoms. The molecule has 0 aliphatic rings. The quantitative estimate of drug-likeness (QED) is 0.493. The lowest BCUT2D eigenvalue weighted by molar-refractivity contribution is -0.111. The van der Waals surface area contributed by atoms with Gasteiger partial charge in [0.25, 0.3) is 0 Å². The second-order valence-corrected chi connectivity index (χ2v) is 6.42. The Bertz CT molecular complexity index is 1100. The molecule has 132 valence electrons. The summed E-state index contributed by atoms with van der Waals surface area (Å²) in [5, 5.41) is 3.45. The van der Waals surface area contributed by atoms with E-state index in [1.165, 1.54) is 6.08 Å². The lowest BCUT2D eigenvalue weighted by Crippen LogP contribution is -2.07. The van der Waals surface area contributed by atoms with Gasteiger partial charge in [0.05, 0.1) is 5.69 Å². The van der Waals surface area contributed by atoms with E-state index in [2.05, 4.69) is 10.3 Å². The van der Waals surface area contributed by atoms with Crippen LogP contribution in [0.2, 0.25) is 5.02 Å². The molecule has 2 heterocycles. The standard InChI is InChI=1S/C22H16ClN3O/c23-19-6-2-1-5-16(19)10-13-22(27)24-18-11-8-17(9-12-18)20-15-26-14-4-3-7-21(26)25-20/h1-15H,(H,24,27)/b13-10+. The topological polar surface area (TPSA) is 46.4 Å². The van der Waals surface area contributed by atoms with E-state index in [0.29, 0.717) is 5.02 Å². The Labute approximate surface area is 161 Å². The van der Waals surface area contributed by atoms with E-state index in [0.717, 1.165) is 28.2 Å². The van der Waals surface area contributed by atoms with Crippen LogP contribution in [0, 0.1) is 0 Å². The molecule has 1 N–H and O–H groups in total. The molecular weight excluding hydrogens is 358 g/mol. The molecular formula is C22H16ClN3O. The maximum atomic E-state index is 12.1. The van der Waals surface area contributed by atoms with Gasteiger partial charge >= 0.3 is 0 Å². The van der Waals surface area contributed by atoms with Crippen LogP contribution in [0.25, 0.3) is 23.0 Å². The second-order valence-electron chi connectivity index (χ2n) is 6.01. The van der Waals surface area contributed by atoms with Crippen LogP contribution in [0.3, 0.4) is 0 Å². The van der Waals surface area contributed by atoms with E-state index >= 15 is 0 Å². The first-order chi connectivity index (χ1) is 13.2. The first-order valence-electron chi connectivity index (χ1n) is 8.47. The molecule has 0 aliphatic heterocycles. The number of rotatable bonds is 4. The van der Waals surface area contributed by atoms with E-state index in [4.69, 9.17) is 11.6 Å². The summed E-state index contributed by atoms with van der Waals surface area (Å²) in [6, 6.07) is 20.9. The number of halogens is 1. The first-order valence-corrected chi connectivity index (χ1v) is 8.85. The highest BCUT2D eigenvalue weighted by atomic mass is 35.5. The number of benzene rings is 2. The number of imidazole rings is 1. The van der Waals surface area contributed by atoms with Crippen LogP contribution in [0.5, 0.6) is 0 Å². The Morgan fingerprint density at radius 3 is 2.56 bits per heavy atom. The molecule has 0 spiro atoms. The highest BCUT2D eigenvalue weighted by molar-refractivity contribution is 6.32. The summed E-state index contributed by atoms with van der Waals surface area (Å²) in [5.41, 5.74) is 4.29. The number of nitrogens with zero attached hydrogens (tertiary/aromatic N) is 2. The van der Waals surface area contributed by atoms with Gasteiger partial charge in [0.15, 0.2) is 0 Å². The fourth-order valence-electron chi connectivity index (χ4n) is 2.76. The summed E-state index contributed by atoms with van der Waals surface area (Å²) in [4.78, 5) is 16.7. The Morgan fingerprint density at radius 2 is 1.78 bits per heavy atom. The minimum absolute atomic E-state index is 0.213. The number of hydrogen-bond acceptors (Lipinski definition) is 2. The smallest absolute Gasteiger partial charge is 0.248 e. The summed E-state index contributed by atoms with van der Waals surface area (Å²) in [6.07, 6.45) is 7.11. The largest absolute Gasteiger partial charge is 0.323 e. The normalized spacial score (nSPS) is 11.1. The first kappa shape index (κ1) is 17.1. The molecule has 2 aromatic carbocycles.